The van der Waals surface area contributed by atoms with Crippen LogP contribution in [-0.4, -0.2) is 45.7 Å². The number of aromatic nitrogens is 1. The van der Waals surface area contributed by atoms with Crippen LogP contribution in [0.4, 0.5) is 5.13 Å². The molecule has 3 amide bonds. The normalized spacial score (nSPS) is 14.1. The summed E-state index contributed by atoms with van der Waals surface area (Å²) in [6, 6.07) is 9.37. The zero-order valence-corrected chi connectivity index (χ0v) is 18.0. The minimum absolute atomic E-state index is 0.328. The summed E-state index contributed by atoms with van der Waals surface area (Å²) in [6.07, 6.45) is 2.27. The van der Waals surface area contributed by atoms with Crippen molar-refractivity contribution in [1.82, 2.24) is 9.88 Å². The number of amides is 3. The Morgan fingerprint density at radius 2 is 1.90 bits per heavy atom. The van der Waals surface area contributed by atoms with Gasteiger partial charge >= 0.3 is 0 Å². The Hall–Kier alpha value is -2.91. The number of furan rings is 1. The monoisotopic (exact) mass is 441 g/mol. The van der Waals surface area contributed by atoms with Crippen LogP contribution in [0.15, 0.2) is 46.2 Å². The van der Waals surface area contributed by atoms with Crippen molar-refractivity contribution in [3.05, 3.63) is 58.7 Å². The summed E-state index contributed by atoms with van der Waals surface area (Å²) in [5.41, 5.74) is 1.27. The summed E-state index contributed by atoms with van der Waals surface area (Å²) in [4.78, 5) is 44.3. The Bertz CT molecular complexity index is 1090. The highest BCUT2D eigenvalue weighted by atomic mass is 32.2. The van der Waals surface area contributed by atoms with Gasteiger partial charge in [-0.2, -0.15) is 11.8 Å². The van der Waals surface area contributed by atoms with Crippen LogP contribution in [0.1, 0.15) is 32.9 Å². The second-order valence-electron chi connectivity index (χ2n) is 6.76. The first-order valence-corrected chi connectivity index (χ1v) is 11.6. The van der Waals surface area contributed by atoms with E-state index in [1.807, 2.05) is 25.3 Å². The van der Waals surface area contributed by atoms with Gasteiger partial charge in [-0.15, -0.1) is 11.3 Å². The molecular weight excluding hydrogens is 422 g/mol. The van der Waals surface area contributed by atoms with Crippen molar-refractivity contribution >= 4 is 46.0 Å². The van der Waals surface area contributed by atoms with Crippen LogP contribution in [0.3, 0.4) is 0 Å². The van der Waals surface area contributed by atoms with Crippen molar-refractivity contribution in [3.63, 3.8) is 0 Å². The van der Waals surface area contributed by atoms with Gasteiger partial charge in [-0.25, -0.2) is 4.98 Å². The molecule has 0 bridgehead atoms. The minimum Gasteiger partial charge on any atom is -0.460 e. The summed E-state index contributed by atoms with van der Waals surface area (Å²) < 4.78 is 5.56. The molecule has 3 aromatic rings. The first-order chi connectivity index (χ1) is 14.5. The number of hydrogen-bond acceptors (Lipinski definition) is 7. The van der Waals surface area contributed by atoms with Crippen LogP contribution < -0.4 is 5.32 Å². The predicted molar refractivity (Wildman–Crippen MR) is 117 cm³/mol. The van der Waals surface area contributed by atoms with E-state index in [9.17, 15) is 14.4 Å². The number of anilines is 1. The van der Waals surface area contributed by atoms with E-state index < -0.39 is 23.8 Å². The Balaban J connectivity index is 1.56. The number of benzene rings is 1. The fourth-order valence-corrected chi connectivity index (χ4v) is 4.46. The van der Waals surface area contributed by atoms with E-state index in [1.54, 1.807) is 41.4 Å². The highest BCUT2D eigenvalue weighted by molar-refractivity contribution is 7.98. The number of thioether (sulfide) groups is 1. The maximum Gasteiger partial charge on any atom is 0.262 e. The van der Waals surface area contributed by atoms with Gasteiger partial charge in [0.2, 0.25) is 5.91 Å². The van der Waals surface area contributed by atoms with E-state index in [2.05, 4.69) is 10.3 Å². The number of nitrogens with zero attached hydrogens (tertiary/aromatic N) is 2. The number of thiazole rings is 1. The minimum atomic E-state index is -0.914. The van der Waals surface area contributed by atoms with Gasteiger partial charge in [0.15, 0.2) is 10.9 Å². The second-order valence-corrected chi connectivity index (χ2v) is 8.60. The number of imide groups is 1. The molecule has 0 aliphatic carbocycles. The number of hydrogen-bond donors (Lipinski definition) is 1. The number of carbonyl (C=O) groups is 3. The summed E-state index contributed by atoms with van der Waals surface area (Å²) in [6.45, 7) is 1.84. The molecule has 0 unspecified atom stereocenters. The van der Waals surface area contributed by atoms with Crippen molar-refractivity contribution in [1.29, 1.82) is 0 Å². The molecule has 1 aromatic carbocycles. The zero-order valence-electron chi connectivity index (χ0n) is 16.4. The lowest BCUT2D eigenvalue weighted by Gasteiger charge is -2.24. The van der Waals surface area contributed by atoms with E-state index in [1.165, 1.54) is 11.3 Å². The zero-order chi connectivity index (χ0) is 21.3. The lowest BCUT2D eigenvalue weighted by atomic mass is 10.1. The number of carbonyl (C=O) groups excluding carboxylic acids is 3. The largest absolute Gasteiger partial charge is 0.460 e. The summed E-state index contributed by atoms with van der Waals surface area (Å²) in [5.74, 6) is 0.690. The first kappa shape index (κ1) is 20.4. The summed E-state index contributed by atoms with van der Waals surface area (Å²) >= 11 is 2.81. The molecule has 1 aliphatic heterocycles. The van der Waals surface area contributed by atoms with Crippen LogP contribution in [0.2, 0.25) is 0 Å². The fraction of sp³-hybridized carbons (Fsp3) is 0.238. The molecule has 154 valence electrons. The molecule has 1 N–H and O–H groups in total. The van der Waals surface area contributed by atoms with Crippen molar-refractivity contribution < 1.29 is 18.8 Å². The number of aryl methyl sites for hydroxylation is 1. The average molecular weight is 442 g/mol. The maximum atomic E-state index is 13.1. The highest BCUT2D eigenvalue weighted by Gasteiger charge is 2.42. The fourth-order valence-electron chi connectivity index (χ4n) is 3.30. The number of fused-ring (bicyclic) bond motifs is 1. The SMILES string of the molecule is CSCC[C@H](C(=O)Nc1nc(-c2ccc(C)o2)cs1)N1C(=O)c2ccccc2C1=O. The van der Waals surface area contributed by atoms with Crippen molar-refractivity contribution in [3.8, 4) is 11.5 Å². The second kappa shape index (κ2) is 8.45. The Morgan fingerprint density at radius 3 is 2.50 bits per heavy atom. The molecule has 0 saturated heterocycles. The van der Waals surface area contributed by atoms with Gasteiger partial charge < -0.3 is 9.73 Å². The van der Waals surface area contributed by atoms with Gasteiger partial charge in [-0.05, 0) is 49.6 Å². The molecule has 1 aliphatic rings. The molecule has 1 atom stereocenters. The topological polar surface area (TPSA) is 92.5 Å². The molecule has 4 rings (SSSR count). The third-order valence-corrected chi connectivity index (χ3v) is 6.16. The van der Waals surface area contributed by atoms with E-state index in [0.717, 1.165) is 10.7 Å². The van der Waals surface area contributed by atoms with Crippen LogP contribution >= 0.6 is 23.1 Å². The summed E-state index contributed by atoms with van der Waals surface area (Å²) in [5, 5.41) is 4.93. The maximum absolute atomic E-state index is 13.1. The van der Waals surface area contributed by atoms with Gasteiger partial charge in [0.05, 0.1) is 11.1 Å². The van der Waals surface area contributed by atoms with E-state index in [0.29, 0.717) is 39.9 Å². The molecule has 2 aromatic heterocycles. The van der Waals surface area contributed by atoms with E-state index in [-0.39, 0.29) is 0 Å². The first-order valence-electron chi connectivity index (χ1n) is 9.28. The Labute approximate surface area is 181 Å². The van der Waals surface area contributed by atoms with Gasteiger partial charge in [-0.3, -0.25) is 19.3 Å². The molecular formula is C21H19N3O4S2. The number of rotatable bonds is 7. The third-order valence-electron chi connectivity index (χ3n) is 4.76. The van der Waals surface area contributed by atoms with Crippen molar-refractivity contribution in [2.45, 2.75) is 19.4 Å². The predicted octanol–water partition coefficient (Wildman–Crippen LogP) is 4.07. The van der Waals surface area contributed by atoms with Gasteiger partial charge in [0, 0.05) is 5.38 Å². The van der Waals surface area contributed by atoms with E-state index in [4.69, 9.17) is 4.42 Å². The van der Waals surface area contributed by atoms with Crippen LogP contribution in [-0.2, 0) is 4.79 Å². The van der Waals surface area contributed by atoms with Gasteiger partial charge in [-0.1, -0.05) is 12.1 Å². The lowest BCUT2D eigenvalue weighted by molar-refractivity contribution is -0.120. The average Bonchev–Trinajstić information content (AvgIpc) is 3.44. The Kier molecular flexibility index (Phi) is 5.74. The van der Waals surface area contributed by atoms with E-state index >= 15 is 0 Å². The lowest BCUT2D eigenvalue weighted by Crippen LogP contribution is -2.47. The molecule has 0 spiro atoms. The molecule has 3 heterocycles. The van der Waals surface area contributed by atoms with Gasteiger partial charge in [0.1, 0.15) is 17.5 Å². The smallest absolute Gasteiger partial charge is 0.262 e. The third kappa shape index (κ3) is 3.78. The van der Waals surface area contributed by atoms with Crippen LogP contribution in [0.5, 0.6) is 0 Å². The Morgan fingerprint density at radius 1 is 1.20 bits per heavy atom. The molecule has 0 fully saturated rings. The molecule has 0 radical (unpaired) electrons. The quantitative estimate of drug-likeness (QED) is 0.556. The van der Waals surface area contributed by atoms with Crippen molar-refractivity contribution in [2.24, 2.45) is 0 Å². The molecule has 30 heavy (non-hydrogen) atoms. The van der Waals surface area contributed by atoms with Crippen molar-refractivity contribution in [2.75, 3.05) is 17.3 Å². The summed E-state index contributed by atoms with van der Waals surface area (Å²) in [7, 11) is 0. The number of nitrogens with one attached hydrogen (secondary N) is 1. The molecule has 0 saturated carbocycles. The standard InChI is InChI=1S/C21H19N3O4S2/c1-12-7-8-17(28-12)15-11-30-21(22-15)23-18(25)16(9-10-29-2)24-19(26)13-5-3-4-6-14(13)20(24)27/h3-8,11,16H,9-10H2,1-2H3,(H,22,23,25)/t16-/m1/s1. The molecule has 7 nitrogen and oxygen atoms in total. The van der Waals surface area contributed by atoms with Crippen LogP contribution in [0, 0.1) is 6.92 Å². The molecule has 9 heteroatoms. The van der Waals surface area contributed by atoms with Crippen LogP contribution in [0.25, 0.3) is 11.5 Å². The van der Waals surface area contributed by atoms with Gasteiger partial charge in [0.25, 0.3) is 11.8 Å². The highest BCUT2D eigenvalue weighted by Crippen LogP contribution is 2.29.